The lowest BCUT2D eigenvalue weighted by molar-refractivity contribution is -0.388. The maximum Gasteiger partial charge on any atom is 0.423 e. The van der Waals surface area contributed by atoms with Crippen molar-refractivity contribution in [3.05, 3.63) is 46.3 Å². The van der Waals surface area contributed by atoms with E-state index in [-0.39, 0.29) is 5.69 Å². The van der Waals surface area contributed by atoms with E-state index in [1.165, 1.54) is 12.4 Å². The molecule has 22 heavy (non-hydrogen) atoms. The SMILES string of the molecule is O=C(Nc1cn[nH]c1)Nc1ccc([N+](=O)[O-])c(C(F)(F)F)c1. The molecule has 1 aromatic heterocycles. The van der Waals surface area contributed by atoms with Gasteiger partial charge in [-0.3, -0.25) is 15.2 Å². The predicted octanol–water partition coefficient (Wildman–Crippen LogP) is 2.98. The normalized spacial score (nSPS) is 11.0. The second-order valence-electron chi connectivity index (χ2n) is 4.05. The summed E-state index contributed by atoms with van der Waals surface area (Å²) in [7, 11) is 0. The van der Waals surface area contributed by atoms with Gasteiger partial charge in [0.15, 0.2) is 0 Å². The predicted molar refractivity (Wildman–Crippen MR) is 69.3 cm³/mol. The van der Waals surface area contributed by atoms with Crippen LogP contribution in [0.15, 0.2) is 30.6 Å². The van der Waals surface area contributed by atoms with Crippen LogP contribution in [0.25, 0.3) is 0 Å². The van der Waals surface area contributed by atoms with Gasteiger partial charge in [-0.15, -0.1) is 0 Å². The molecule has 2 rings (SSSR count). The van der Waals surface area contributed by atoms with E-state index in [9.17, 15) is 28.1 Å². The average molecular weight is 315 g/mol. The van der Waals surface area contributed by atoms with Crippen molar-refractivity contribution >= 4 is 23.1 Å². The van der Waals surface area contributed by atoms with Crippen molar-refractivity contribution in [1.29, 1.82) is 0 Å². The Morgan fingerprint density at radius 2 is 1.95 bits per heavy atom. The number of nitro groups is 1. The Kier molecular flexibility index (Phi) is 3.97. The molecule has 0 aliphatic rings. The van der Waals surface area contributed by atoms with Crippen LogP contribution in [0.5, 0.6) is 0 Å². The van der Waals surface area contributed by atoms with Gasteiger partial charge < -0.3 is 10.6 Å². The van der Waals surface area contributed by atoms with Gasteiger partial charge in [-0.2, -0.15) is 18.3 Å². The topological polar surface area (TPSA) is 113 Å². The number of nitrogens with one attached hydrogen (secondary N) is 3. The Hall–Kier alpha value is -3.11. The summed E-state index contributed by atoms with van der Waals surface area (Å²) in [5, 5.41) is 21.1. The van der Waals surface area contributed by atoms with Crippen LogP contribution in [-0.4, -0.2) is 21.2 Å². The number of anilines is 2. The molecule has 8 nitrogen and oxygen atoms in total. The van der Waals surface area contributed by atoms with Crippen LogP contribution in [0.4, 0.5) is 35.0 Å². The van der Waals surface area contributed by atoms with Gasteiger partial charge >= 0.3 is 12.2 Å². The van der Waals surface area contributed by atoms with Gasteiger partial charge in [-0.1, -0.05) is 0 Å². The molecule has 11 heteroatoms. The van der Waals surface area contributed by atoms with Crippen LogP contribution in [0.3, 0.4) is 0 Å². The first-order valence-electron chi connectivity index (χ1n) is 5.70. The Balaban J connectivity index is 2.21. The number of nitrogens with zero attached hydrogens (tertiary/aromatic N) is 2. The molecule has 0 atom stereocenters. The van der Waals surface area contributed by atoms with Gasteiger partial charge in [0.2, 0.25) is 0 Å². The van der Waals surface area contributed by atoms with Crippen LogP contribution in [0.1, 0.15) is 5.56 Å². The third kappa shape index (κ3) is 3.50. The van der Waals surface area contributed by atoms with Crippen molar-refractivity contribution in [3.63, 3.8) is 0 Å². The van der Waals surface area contributed by atoms with E-state index < -0.39 is 28.4 Å². The monoisotopic (exact) mass is 315 g/mol. The molecule has 3 N–H and O–H groups in total. The summed E-state index contributed by atoms with van der Waals surface area (Å²) in [6.45, 7) is 0. The summed E-state index contributed by atoms with van der Waals surface area (Å²) in [6.07, 6.45) is -2.27. The molecule has 0 fully saturated rings. The highest BCUT2D eigenvalue weighted by Gasteiger charge is 2.38. The van der Waals surface area contributed by atoms with Crippen molar-refractivity contribution in [2.45, 2.75) is 6.18 Å². The van der Waals surface area contributed by atoms with Crippen molar-refractivity contribution in [2.75, 3.05) is 10.6 Å². The number of aromatic amines is 1. The number of hydrogen-bond acceptors (Lipinski definition) is 4. The maximum atomic E-state index is 12.8. The quantitative estimate of drug-likeness (QED) is 0.597. The van der Waals surface area contributed by atoms with Gasteiger partial charge in [0, 0.05) is 18.0 Å². The van der Waals surface area contributed by atoms with Gasteiger partial charge in [0.25, 0.3) is 5.69 Å². The molecule has 0 bridgehead atoms. The fraction of sp³-hybridized carbons (Fsp3) is 0.0909. The van der Waals surface area contributed by atoms with Gasteiger partial charge in [0.1, 0.15) is 5.56 Å². The van der Waals surface area contributed by atoms with E-state index in [1.54, 1.807) is 0 Å². The van der Waals surface area contributed by atoms with Crippen LogP contribution in [0.2, 0.25) is 0 Å². The molecule has 1 heterocycles. The van der Waals surface area contributed by atoms with Crippen LogP contribution < -0.4 is 10.6 Å². The number of aromatic nitrogens is 2. The minimum Gasteiger partial charge on any atom is -0.308 e. The van der Waals surface area contributed by atoms with Gasteiger partial charge in [0.05, 0.1) is 16.8 Å². The number of alkyl halides is 3. The first-order chi connectivity index (χ1) is 10.3. The van der Waals surface area contributed by atoms with Crippen molar-refractivity contribution in [1.82, 2.24) is 10.2 Å². The lowest BCUT2D eigenvalue weighted by Gasteiger charge is -2.10. The summed E-state index contributed by atoms with van der Waals surface area (Å²) in [6, 6.07) is 1.36. The highest BCUT2D eigenvalue weighted by molar-refractivity contribution is 5.99. The second-order valence-corrected chi connectivity index (χ2v) is 4.05. The lowest BCUT2D eigenvalue weighted by Crippen LogP contribution is -2.19. The Bertz CT molecular complexity index is 699. The number of urea groups is 1. The van der Waals surface area contributed by atoms with Crippen LogP contribution in [0, 0.1) is 10.1 Å². The molecule has 0 radical (unpaired) electrons. The fourth-order valence-electron chi connectivity index (χ4n) is 1.61. The molecule has 0 unspecified atom stereocenters. The number of carbonyl (C=O) groups excluding carboxylic acids is 1. The van der Waals surface area contributed by atoms with Gasteiger partial charge in [-0.25, -0.2) is 4.79 Å². The number of amides is 2. The molecule has 1 aromatic carbocycles. The largest absolute Gasteiger partial charge is 0.423 e. The third-order valence-electron chi connectivity index (χ3n) is 2.51. The van der Waals surface area contributed by atoms with E-state index in [2.05, 4.69) is 20.8 Å². The molecule has 116 valence electrons. The minimum atomic E-state index is -4.92. The molecule has 0 spiro atoms. The molecular weight excluding hydrogens is 307 g/mol. The fourth-order valence-corrected chi connectivity index (χ4v) is 1.61. The van der Waals surface area contributed by atoms with E-state index in [0.29, 0.717) is 17.8 Å². The third-order valence-corrected chi connectivity index (χ3v) is 2.51. The number of benzene rings is 1. The molecular formula is C11H8F3N5O3. The number of H-pyrrole nitrogens is 1. The highest BCUT2D eigenvalue weighted by atomic mass is 19.4. The zero-order valence-corrected chi connectivity index (χ0v) is 10.6. The maximum absolute atomic E-state index is 12.8. The van der Waals surface area contributed by atoms with Crippen molar-refractivity contribution in [2.24, 2.45) is 0 Å². The summed E-state index contributed by atoms with van der Waals surface area (Å²) in [5.41, 5.74) is -2.47. The molecule has 0 aliphatic carbocycles. The molecule has 2 amide bonds. The summed E-state index contributed by atoms with van der Waals surface area (Å²) in [4.78, 5) is 21.0. The molecule has 2 aromatic rings. The zero-order valence-electron chi connectivity index (χ0n) is 10.6. The van der Waals surface area contributed by atoms with Gasteiger partial charge in [-0.05, 0) is 12.1 Å². The zero-order chi connectivity index (χ0) is 16.3. The first kappa shape index (κ1) is 15.3. The Morgan fingerprint density at radius 3 is 2.50 bits per heavy atom. The number of carbonyl (C=O) groups is 1. The second kappa shape index (κ2) is 5.71. The first-order valence-corrected chi connectivity index (χ1v) is 5.70. The smallest absolute Gasteiger partial charge is 0.308 e. The Morgan fingerprint density at radius 1 is 1.27 bits per heavy atom. The Labute approximate surface area is 120 Å². The molecule has 0 aliphatic heterocycles. The standard InChI is InChI=1S/C11H8F3N5O3/c12-11(13,14)8-3-6(1-2-9(8)19(21)22)17-10(20)18-7-4-15-16-5-7/h1-5H,(H,15,16)(H2,17,18,20). The van der Waals surface area contributed by atoms with E-state index in [4.69, 9.17) is 0 Å². The minimum absolute atomic E-state index is 0.237. The number of halogens is 3. The summed E-state index contributed by atoms with van der Waals surface area (Å²) in [5.74, 6) is 0. The molecule has 0 saturated carbocycles. The van der Waals surface area contributed by atoms with Crippen LogP contribution in [-0.2, 0) is 6.18 Å². The van der Waals surface area contributed by atoms with Crippen molar-refractivity contribution in [3.8, 4) is 0 Å². The van der Waals surface area contributed by atoms with Crippen molar-refractivity contribution < 1.29 is 22.9 Å². The van der Waals surface area contributed by atoms with Crippen LogP contribution >= 0.6 is 0 Å². The number of rotatable bonds is 3. The molecule has 0 saturated heterocycles. The summed E-state index contributed by atoms with van der Waals surface area (Å²) >= 11 is 0. The average Bonchev–Trinajstić information content (AvgIpc) is 2.90. The highest BCUT2D eigenvalue weighted by Crippen LogP contribution is 2.37. The van der Waals surface area contributed by atoms with E-state index in [0.717, 1.165) is 6.07 Å². The van der Waals surface area contributed by atoms with E-state index >= 15 is 0 Å². The lowest BCUT2D eigenvalue weighted by atomic mass is 10.1. The number of nitro benzene ring substituents is 1. The summed E-state index contributed by atoms with van der Waals surface area (Å²) < 4.78 is 38.4. The van der Waals surface area contributed by atoms with E-state index in [1.807, 2.05) is 0 Å². The number of hydrogen-bond donors (Lipinski definition) is 3.